The largest absolute Gasteiger partial charge is 0.470 e. The average Bonchev–Trinajstić information content (AvgIpc) is 3.36. The van der Waals surface area contributed by atoms with Gasteiger partial charge in [0.05, 0.1) is 12.0 Å². The Balaban J connectivity index is 0.000000860. The summed E-state index contributed by atoms with van der Waals surface area (Å²) >= 11 is 0. The maximum absolute atomic E-state index is 12.4. The number of nitrogens with zero attached hydrogens (tertiary/aromatic N) is 4. The van der Waals surface area contributed by atoms with Crippen LogP contribution in [0.3, 0.4) is 0 Å². The fourth-order valence-electron chi connectivity index (χ4n) is 3.12. The SMILES string of the molecule is C=C.C=C.CCC(=O)N1CCN(c2ccn(CCNC)c(=O)c2C#N)CC1.Cc1ccco1. The molecule has 2 aromatic rings. The highest BCUT2D eigenvalue weighted by Gasteiger charge is 2.23. The van der Waals surface area contributed by atoms with Gasteiger partial charge >= 0.3 is 0 Å². The van der Waals surface area contributed by atoms with E-state index < -0.39 is 0 Å². The molecule has 1 fully saturated rings. The third kappa shape index (κ3) is 9.21. The summed E-state index contributed by atoms with van der Waals surface area (Å²) in [6.45, 7) is 19.5. The van der Waals surface area contributed by atoms with Gasteiger partial charge in [-0.3, -0.25) is 9.59 Å². The summed E-state index contributed by atoms with van der Waals surface area (Å²) in [5, 5.41) is 12.4. The molecule has 33 heavy (non-hydrogen) atoms. The number of carbonyl (C=O) groups excluding carboxylic acids is 1. The van der Waals surface area contributed by atoms with Crippen molar-refractivity contribution in [3.63, 3.8) is 0 Å². The van der Waals surface area contributed by atoms with E-state index in [2.05, 4.69) is 31.6 Å². The molecular weight excluding hydrogens is 418 g/mol. The molecule has 0 spiro atoms. The average molecular weight is 456 g/mol. The predicted octanol–water partition coefficient (Wildman–Crippen LogP) is 3.19. The van der Waals surface area contributed by atoms with Crippen molar-refractivity contribution in [3.8, 4) is 6.07 Å². The van der Waals surface area contributed by atoms with Crippen LogP contribution in [0.15, 0.2) is 66.2 Å². The monoisotopic (exact) mass is 455 g/mol. The van der Waals surface area contributed by atoms with Gasteiger partial charge in [0.15, 0.2) is 0 Å². The molecule has 0 atom stereocenters. The Morgan fingerprint density at radius 1 is 1.18 bits per heavy atom. The lowest BCUT2D eigenvalue weighted by molar-refractivity contribution is -0.131. The summed E-state index contributed by atoms with van der Waals surface area (Å²) in [6, 6.07) is 7.66. The van der Waals surface area contributed by atoms with Crippen LogP contribution in [0, 0.1) is 18.3 Å². The van der Waals surface area contributed by atoms with E-state index in [1.807, 2.05) is 55.0 Å². The molecule has 8 heteroatoms. The van der Waals surface area contributed by atoms with Gasteiger partial charge in [-0.1, -0.05) is 6.92 Å². The van der Waals surface area contributed by atoms with Crippen LogP contribution in [0.4, 0.5) is 5.69 Å². The molecule has 1 aliphatic heterocycles. The van der Waals surface area contributed by atoms with Crippen molar-refractivity contribution in [2.45, 2.75) is 26.8 Å². The van der Waals surface area contributed by atoms with Crippen LogP contribution >= 0.6 is 0 Å². The number of hydrogen-bond donors (Lipinski definition) is 1. The summed E-state index contributed by atoms with van der Waals surface area (Å²) < 4.78 is 6.38. The van der Waals surface area contributed by atoms with Gasteiger partial charge in [0.25, 0.3) is 5.56 Å². The van der Waals surface area contributed by atoms with Gasteiger partial charge in [0.2, 0.25) is 5.91 Å². The number of amides is 1. The molecule has 0 bridgehead atoms. The molecular formula is C25H37N5O3. The quantitative estimate of drug-likeness (QED) is 0.696. The number of hydrogen-bond acceptors (Lipinski definition) is 6. The molecule has 2 aromatic heterocycles. The Bertz CT molecular complexity index is 905. The number of rotatable bonds is 5. The van der Waals surface area contributed by atoms with Crippen LogP contribution < -0.4 is 15.8 Å². The zero-order valence-electron chi connectivity index (χ0n) is 20.2. The minimum Gasteiger partial charge on any atom is -0.470 e. The number of nitrogens with one attached hydrogen (secondary N) is 1. The zero-order chi connectivity index (χ0) is 25.2. The normalized spacial score (nSPS) is 12.1. The van der Waals surface area contributed by atoms with E-state index in [1.54, 1.807) is 17.0 Å². The second-order valence-corrected chi connectivity index (χ2v) is 6.73. The smallest absolute Gasteiger partial charge is 0.270 e. The lowest BCUT2D eigenvalue weighted by Gasteiger charge is -2.36. The number of furan rings is 1. The lowest BCUT2D eigenvalue weighted by atomic mass is 10.2. The Morgan fingerprint density at radius 2 is 1.82 bits per heavy atom. The Labute approximate surface area is 197 Å². The molecule has 0 unspecified atom stereocenters. The summed E-state index contributed by atoms with van der Waals surface area (Å²) in [7, 11) is 1.82. The summed E-state index contributed by atoms with van der Waals surface area (Å²) in [5.41, 5.74) is 0.591. The highest BCUT2D eigenvalue weighted by atomic mass is 16.3. The number of piperazine rings is 1. The lowest BCUT2D eigenvalue weighted by Crippen LogP contribution is -2.49. The van der Waals surface area contributed by atoms with Crippen molar-refractivity contribution in [1.82, 2.24) is 14.8 Å². The first-order valence-corrected chi connectivity index (χ1v) is 10.8. The minimum atomic E-state index is -0.257. The van der Waals surface area contributed by atoms with E-state index >= 15 is 0 Å². The van der Waals surface area contributed by atoms with E-state index in [0.29, 0.717) is 51.4 Å². The molecule has 1 aliphatic rings. The van der Waals surface area contributed by atoms with Gasteiger partial charge in [-0.25, -0.2) is 0 Å². The highest BCUT2D eigenvalue weighted by Crippen LogP contribution is 2.19. The maximum atomic E-state index is 12.4. The molecule has 0 aliphatic carbocycles. The number of nitriles is 1. The highest BCUT2D eigenvalue weighted by molar-refractivity contribution is 5.76. The number of pyridine rings is 1. The van der Waals surface area contributed by atoms with Gasteiger partial charge in [0, 0.05) is 51.9 Å². The maximum Gasteiger partial charge on any atom is 0.270 e. The topological polar surface area (TPSA) is 94.5 Å². The van der Waals surface area contributed by atoms with Crippen molar-refractivity contribution >= 4 is 11.6 Å². The summed E-state index contributed by atoms with van der Waals surface area (Å²) in [5.74, 6) is 1.11. The molecule has 180 valence electrons. The fraction of sp³-hybridized carbons (Fsp3) is 0.400. The Hall–Kier alpha value is -3.57. The van der Waals surface area contributed by atoms with E-state index in [4.69, 9.17) is 4.42 Å². The molecule has 1 N–H and O–H groups in total. The molecule has 0 saturated carbocycles. The van der Waals surface area contributed by atoms with E-state index in [0.717, 1.165) is 5.76 Å². The van der Waals surface area contributed by atoms with Crippen molar-refractivity contribution < 1.29 is 9.21 Å². The van der Waals surface area contributed by atoms with Gasteiger partial charge in [-0.2, -0.15) is 5.26 Å². The minimum absolute atomic E-state index is 0.146. The van der Waals surface area contributed by atoms with Crippen molar-refractivity contribution in [2.24, 2.45) is 0 Å². The van der Waals surface area contributed by atoms with Crippen LogP contribution in [-0.2, 0) is 11.3 Å². The van der Waals surface area contributed by atoms with Gasteiger partial charge in [-0.05, 0) is 32.2 Å². The zero-order valence-corrected chi connectivity index (χ0v) is 20.2. The molecule has 8 nitrogen and oxygen atoms in total. The fourth-order valence-corrected chi connectivity index (χ4v) is 3.12. The van der Waals surface area contributed by atoms with Crippen LogP contribution in [0.2, 0.25) is 0 Å². The van der Waals surface area contributed by atoms with Crippen LogP contribution in [0.25, 0.3) is 0 Å². The first kappa shape index (κ1) is 29.4. The number of aryl methyl sites for hydroxylation is 1. The first-order chi connectivity index (χ1) is 16.0. The standard InChI is InChI=1S/C16H23N5O2.C5H6O.2C2H4/c1-3-15(22)20-10-8-19(9-11-20)14-4-6-21(7-5-18-2)16(23)13(14)12-17;1-5-3-2-4-6-5;2*1-2/h4,6,18H,3,5,7-11H2,1-2H3;2-4H,1H3;2*1-2H2. The first-order valence-electron chi connectivity index (χ1n) is 10.8. The molecule has 0 aromatic carbocycles. The molecule has 3 rings (SSSR count). The number of carbonyl (C=O) groups is 1. The number of aromatic nitrogens is 1. The van der Waals surface area contributed by atoms with E-state index in [1.165, 1.54) is 0 Å². The van der Waals surface area contributed by atoms with E-state index in [-0.39, 0.29) is 17.0 Å². The van der Waals surface area contributed by atoms with Gasteiger partial charge in [-0.15, -0.1) is 26.3 Å². The molecule has 1 saturated heterocycles. The summed E-state index contributed by atoms with van der Waals surface area (Å²) in [4.78, 5) is 28.0. The molecule has 3 heterocycles. The second kappa shape index (κ2) is 17.0. The number of anilines is 1. The Kier molecular flexibility index (Phi) is 15.2. The van der Waals surface area contributed by atoms with Crippen LogP contribution in [-0.4, -0.2) is 55.1 Å². The molecule has 0 radical (unpaired) electrons. The third-order valence-corrected chi connectivity index (χ3v) is 4.80. The van der Waals surface area contributed by atoms with Crippen LogP contribution in [0.1, 0.15) is 24.7 Å². The van der Waals surface area contributed by atoms with Crippen LogP contribution in [0.5, 0.6) is 0 Å². The van der Waals surface area contributed by atoms with E-state index in [9.17, 15) is 14.9 Å². The van der Waals surface area contributed by atoms with Gasteiger partial charge < -0.3 is 24.1 Å². The van der Waals surface area contributed by atoms with Crippen molar-refractivity contribution in [1.29, 1.82) is 5.26 Å². The predicted molar refractivity (Wildman–Crippen MR) is 134 cm³/mol. The summed E-state index contributed by atoms with van der Waals surface area (Å²) in [6.07, 6.45) is 3.90. The number of likely N-dealkylation sites (N-methyl/N-ethyl adjacent to an activating group) is 1. The van der Waals surface area contributed by atoms with Gasteiger partial charge in [0.1, 0.15) is 17.4 Å². The van der Waals surface area contributed by atoms with Crippen molar-refractivity contribution in [2.75, 3.05) is 44.7 Å². The second-order valence-electron chi connectivity index (χ2n) is 6.73. The Morgan fingerprint density at radius 3 is 2.24 bits per heavy atom. The van der Waals surface area contributed by atoms with Crippen molar-refractivity contribution in [3.05, 3.63) is 78.7 Å². The molecule has 1 amide bonds. The third-order valence-electron chi connectivity index (χ3n) is 4.80.